The molecule has 21 heavy (non-hydrogen) atoms. The molecular formula is C16H12ClNO3. The fraction of sp³-hybridized carbons (Fsp3) is 0. The zero-order chi connectivity index (χ0) is 15.2. The van der Waals surface area contributed by atoms with Crippen molar-refractivity contribution in [2.24, 2.45) is 5.73 Å². The molecule has 0 aliphatic carbocycles. The predicted octanol–water partition coefficient (Wildman–Crippen LogP) is 3.06. The Balaban J connectivity index is 1.98. The molecule has 0 unspecified atom stereocenters. The number of carbonyl (C=O) groups excluding carboxylic acids is 2. The summed E-state index contributed by atoms with van der Waals surface area (Å²) in [5.74, 6) is -0.710. The van der Waals surface area contributed by atoms with Gasteiger partial charge in [-0.05, 0) is 48.0 Å². The molecule has 2 aromatic rings. The number of nitrogens with two attached hydrogens (primary N) is 1. The second kappa shape index (κ2) is 6.72. The number of hydrogen-bond acceptors (Lipinski definition) is 3. The van der Waals surface area contributed by atoms with E-state index in [2.05, 4.69) is 0 Å². The van der Waals surface area contributed by atoms with Crippen molar-refractivity contribution in [1.82, 2.24) is 0 Å². The Morgan fingerprint density at radius 3 is 2.19 bits per heavy atom. The van der Waals surface area contributed by atoms with Gasteiger partial charge >= 0.3 is 5.97 Å². The first-order chi connectivity index (χ1) is 10.0. The van der Waals surface area contributed by atoms with Crippen LogP contribution in [-0.2, 0) is 4.79 Å². The smallest absolute Gasteiger partial charge is 0.336 e. The average molecular weight is 302 g/mol. The van der Waals surface area contributed by atoms with E-state index in [0.717, 1.165) is 5.56 Å². The lowest BCUT2D eigenvalue weighted by molar-refractivity contribution is -0.128. The highest BCUT2D eigenvalue weighted by atomic mass is 35.5. The molecule has 0 atom stereocenters. The topological polar surface area (TPSA) is 69.4 Å². The molecule has 2 rings (SSSR count). The minimum absolute atomic E-state index is 0.339. The molecule has 0 radical (unpaired) electrons. The third-order valence-corrected chi connectivity index (χ3v) is 2.89. The van der Waals surface area contributed by atoms with E-state index in [1.54, 1.807) is 30.3 Å². The van der Waals surface area contributed by atoms with E-state index < -0.39 is 11.9 Å². The normalized spacial score (nSPS) is 10.5. The minimum atomic E-state index is -0.532. The molecule has 1 amide bonds. The Hall–Kier alpha value is -2.59. The van der Waals surface area contributed by atoms with Gasteiger partial charge in [-0.15, -0.1) is 0 Å². The van der Waals surface area contributed by atoms with Gasteiger partial charge in [-0.3, -0.25) is 4.79 Å². The molecule has 0 fully saturated rings. The zero-order valence-electron chi connectivity index (χ0n) is 11.0. The van der Waals surface area contributed by atoms with Crippen molar-refractivity contribution >= 4 is 29.6 Å². The molecule has 0 heterocycles. The van der Waals surface area contributed by atoms with Crippen LogP contribution in [0.1, 0.15) is 15.9 Å². The summed E-state index contributed by atoms with van der Waals surface area (Å²) in [5, 5.41) is 0.629. The van der Waals surface area contributed by atoms with Crippen LogP contribution in [0.4, 0.5) is 0 Å². The van der Waals surface area contributed by atoms with Crippen LogP contribution in [-0.4, -0.2) is 11.9 Å². The standard InChI is InChI=1S/C16H12ClNO3/c17-13-6-1-11(2-7-13)3-10-15(19)21-14-8-4-12(5-9-14)16(18)20/h1-10H,(H2,18,20)/b10-3+. The van der Waals surface area contributed by atoms with E-state index in [1.807, 2.05) is 0 Å². The number of primary amides is 1. The third kappa shape index (κ3) is 4.47. The molecule has 0 aliphatic rings. The van der Waals surface area contributed by atoms with Gasteiger partial charge in [0.2, 0.25) is 5.91 Å². The van der Waals surface area contributed by atoms with Crippen LogP contribution in [0.5, 0.6) is 5.75 Å². The lowest BCUT2D eigenvalue weighted by Crippen LogP contribution is -2.10. The van der Waals surface area contributed by atoms with Crippen LogP contribution in [0.2, 0.25) is 5.02 Å². The van der Waals surface area contributed by atoms with Crippen LogP contribution in [0, 0.1) is 0 Å². The Labute approximate surface area is 126 Å². The summed E-state index contributed by atoms with van der Waals surface area (Å²) >= 11 is 5.77. The summed E-state index contributed by atoms with van der Waals surface area (Å²) < 4.78 is 5.09. The number of halogens is 1. The van der Waals surface area contributed by atoms with E-state index in [-0.39, 0.29) is 0 Å². The quantitative estimate of drug-likeness (QED) is 0.536. The van der Waals surface area contributed by atoms with Crippen molar-refractivity contribution in [3.8, 4) is 5.75 Å². The van der Waals surface area contributed by atoms with E-state index in [1.165, 1.54) is 30.3 Å². The first-order valence-electron chi connectivity index (χ1n) is 6.10. The Morgan fingerprint density at radius 1 is 1.00 bits per heavy atom. The second-order valence-electron chi connectivity index (χ2n) is 4.19. The molecule has 5 heteroatoms. The highest BCUT2D eigenvalue weighted by Crippen LogP contribution is 2.13. The van der Waals surface area contributed by atoms with Gasteiger partial charge in [-0.2, -0.15) is 0 Å². The van der Waals surface area contributed by atoms with Crippen LogP contribution in [0.3, 0.4) is 0 Å². The van der Waals surface area contributed by atoms with Crippen molar-refractivity contribution in [3.63, 3.8) is 0 Å². The van der Waals surface area contributed by atoms with E-state index in [0.29, 0.717) is 16.3 Å². The molecule has 0 spiro atoms. The number of ether oxygens (including phenoxy) is 1. The van der Waals surface area contributed by atoms with Gasteiger partial charge in [-0.1, -0.05) is 23.7 Å². The number of hydrogen-bond donors (Lipinski definition) is 1. The highest BCUT2D eigenvalue weighted by molar-refractivity contribution is 6.30. The molecule has 0 aliphatic heterocycles. The summed E-state index contributed by atoms with van der Waals surface area (Å²) in [6, 6.07) is 13.0. The third-order valence-electron chi connectivity index (χ3n) is 2.64. The maximum atomic E-state index is 11.6. The summed E-state index contributed by atoms with van der Waals surface area (Å²) in [6.45, 7) is 0. The number of carbonyl (C=O) groups is 2. The van der Waals surface area contributed by atoms with Crippen molar-refractivity contribution in [2.45, 2.75) is 0 Å². The first kappa shape index (κ1) is 14.8. The maximum absolute atomic E-state index is 11.6. The minimum Gasteiger partial charge on any atom is -0.423 e. The fourth-order valence-corrected chi connectivity index (χ4v) is 1.70. The van der Waals surface area contributed by atoms with Gasteiger partial charge in [-0.25, -0.2) is 4.79 Å². The maximum Gasteiger partial charge on any atom is 0.336 e. The number of benzene rings is 2. The van der Waals surface area contributed by atoms with Crippen LogP contribution < -0.4 is 10.5 Å². The van der Waals surface area contributed by atoms with Gasteiger partial charge in [0.1, 0.15) is 5.75 Å². The predicted molar refractivity (Wildman–Crippen MR) is 81.1 cm³/mol. The SMILES string of the molecule is NC(=O)c1ccc(OC(=O)/C=C/c2ccc(Cl)cc2)cc1. The zero-order valence-corrected chi connectivity index (χ0v) is 11.7. The van der Waals surface area contributed by atoms with E-state index >= 15 is 0 Å². The molecular weight excluding hydrogens is 290 g/mol. The molecule has 0 saturated carbocycles. The lowest BCUT2D eigenvalue weighted by Gasteiger charge is -2.02. The second-order valence-corrected chi connectivity index (χ2v) is 4.63. The van der Waals surface area contributed by atoms with E-state index in [9.17, 15) is 9.59 Å². The Kier molecular flexibility index (Phi) is 4.74. The average Bonchev–Trinajstić information content (AvgIpc) is 2.47. The molecule has 0 aromatic heterocycles. The molecule has 2 N–H and O–H groups in total. The number of esters is 1. The number of amides is 1. The van der Waals surface area contributed by atoms with Crippen molar-refractivity contribution in [2.75, 3.05) is 0 Å². The summed E-state index contributed by atoms with van der Waals surface area (Å²) in [5.41, 5.74) is 6.31. The molecule has 106 valence electrons. The highest BCUT2D eigenvalue weighted by Gasteiger charge is 2.03. The largest absolute Gasteiger partial charge is 0.423 e. The van der Waals surface area contributed by atoms with Gasteiger partial charge in [0.15, 0.2) is 0 Å². The Morgan fingerprint density at radius 2 is 1.62 bits per heavy atom. The van der Waals surface area contributed by atoms with Gasteiger partial charge in [0.05, 0.1) is 0 Å². The molecule has 0 saturated heterocycles. The first-order valence-corrected chi connectivity index (χ1v) is 6.48. The van der Waals surface area contributed by atoms with Crippen LogP contribution in [0.15, 0.2) is 54.6 Å². The summed E-state index contributed by atoms with van der Waals surface area (Å²) in [4.78, 5) is 22.6. The van der Waals surface area contributed by atoms with E-state index in [4.69, 9.17) is 22.1 Å². The van der Waals surface area contributed by atoms with Crippen molar-refractivity contribution in [1.29, 1.82) is 0 Å². The van der Waals surface area contributed by atoms with Gasteiger partial charge in [0, 0.05) is 16.7 Å². The molecule has 0 bridgehead atoms. The van der Waals surface area contributed by atoms with Crippen LogP contribution >= 0.6 is 11.6 Å². The van der Waals surface area contributed by atoms with Gasteiger partial charge in [0.25, 0.3) is 0 Å². The number of rotatable bonds is 4. The van der Waals surface area contributed by atoms with Crippen molar-refractivity contribution in [3.05, 3.63) is 70.8 Å². The lowest BCUT2D eigenvalue weighted by atomic mass is 10.2. The van der Waals surface area contributed by atoms with Crippen molar-refractivity contribution < 1.29 is 14.3 Å². The summed E-state index contributed by atoms with van der Waals surface area (Å²) in [7, 11) is 0. The summed E-state index contributed by atoms with van der Waals surface area (Å²) in [6.07, 6.45) is 2.93. The molecule has 2 aromatic carbocycles. The fourth-order valence-electron chi connectivity index (χ4n) is 1.58. The monoisotopic (exact) mass is 301 g/mol. The molecule has 4 nitrogen and oxygen atoms in total. The Bertz CT molecular complexity index is 676. The van der Waals surface area contributed by atoms with Crippen LogP contribution in [0.25, 0.3) is 6.08 Å². The van der Waals surface area contributed by atoms with Gasteiger partial charge < -0.3 is 10.5 Å².